The van der Waals surface area contributed by atoms with Gasteiger partial charge in [0.25, 0.3) is 11.8 Å². The number of nitrogens with one attached hydrogen (secondary N) is 2. The molecular formula is C27H33N3O5. The number of amides is 3. The highest BCUT2D eigenvalue weighted by Gasteiger charge is 2.35. The van der Waals surface area contributed by atoms with Crippen LogP contribution >= 0.6 is 0 Å². The molecule has 0 aliphatic carbocycles. The van der Waals surface area contributed by atoms with Gasteiger partial charge >= 0.3 is 6.09 Å². The van der Waals surface area contributed by atoms with Crippen LogP contribution in [0, 0.1) is 26.3 Å². The minimum absolute atomic E-state index is 0.502. The zero-order chi connectivity index (χ0) is 26.3. The average molecular weight is 480 g/mol. The van der Waals surface area contributed by atoms with Crippen molar-refractivity contribution in [1.82, 2.24) is 10.2 Å². The molecule has 2 atom stereocenters. The molecule has 0 bridgehead atoms. The minimum Gasteiger partial charge on any atom is -0.497 e. The monoisotopic (exact) mass is 479 g/mol. The predicted molar refractivity (Wildman–Crippen MR) is 135 cm³/mol. The molecule has 8 heteroatoms. The molecule has 35 heavy (non-hydrogen) atoms. The Balaban J connectivity index is 2.39. The van der Waals surface area contributed by atoms with Crippen LogP contribution in [0.2, 0.25) is 0 Å². The molecule has 0 saturated heterocycles. The maximum Gasteiger partial charge on any atom is 0.408 e. The highest BCUT2D eigenvalue weighted by molar-refractivity contribution is 5.99. The molecule has 0 aliphatic rings. The van der Waals surface area contributed by atoms with E-state index in [1.807, 2.05) is 26.0 Å². The van der Waals surface area contributed by atoms with Gasteiger partial charge in [-0.25, -0.2) is 4.79 Å². The number of ether oxygens (including phenoxy) is 2. The van der Waals surface area contributed by atoms with Crippen LogP contribution in [0.3, 0.4) is 0 Å². The van der Waals surface area contributed by atoms with E-state index in [0.717, 1.165) is 16.0 Å². The number of methoxy groups -OCH3 is 1. The summed E-state index contributed by atoms with van der Waals surface area (Å²) in [7, 11) is 1.55. The maximum atomic E-state index is 13.5. The summed E-state index contributed by atoms with van der Waals surface area (Å²) in [4.78, 5) is 40.0. The average Bonchev–Trinajstić information content (AvgIpc) is 2.76. The molecule has 0 radical (unpaired) electrons. The summed E-state index contributed by atoms with van der Waals surface area (Å²) in [5.74, 6) is -0.498. The molecule has 0 aliphatic heterocycles. The number of terminal acetylenes is 1. The van der Waals surface area contributed by atoms with Gasteiger partial charge in [0.05, 0.1) is 7.11 Å². The molecule has 0 aromatic heterocycles. The van der Waals surface area contributed by atoms with Gasteiger partial charge in [0.2, 0.25) is 0 Å². The van der Waals surface area contributed by atoms with Crippen LogP contribution in [0.25, 0.3) is 0 Å². The van der Waals surface area contributed by atoms with Gasteiger partial charge in [0.1, 0.15) is 23.4 Å². The van der Waals surface area contributed by atoms with Gasteiger partial charge in [-0.2, -0.15) is 0 Å². The van der Waals surface area contributed by atoms with Crippen molar-refractivity contribution < 1.29 is 23.9 Å². The Morgan fingerprint density at radius 2 is 1.69 bits per heavy atom. The fourth-order valence-corrected chi connectivity index (χ4v) is 3.44. The molecule has 2 rings (SSSR count). The molecule has 2 aromatic rings. The highest BCUT2D eigenvalue weighted by Crippen LogP contribution is 2.27. The first-order valence-corrected chi connectivity index (χ1v) is 11.2. The first-order chi connectivity index (χ1) is 16.4. The lowest BCUT2D eigenvalue weighted by molar-refractivity contribution is -0.136. The Bertz CT molecular complexity index is 1110. The molecule has 0 heterocycles. The van der Waals surface area contributed by atoms with E-state index in [4.69, 9.17) is 15.9 Å². The van der Waals surface area contributed by atoms with Crippen LogP contribution in [-0.2, 0) is 14.3 Å². The Labute approximate surface area is 207 Å². The SMILES string of the molecule is C#CN(C(=O)C(C)NC(=O)OC(C)(C)C)C(C(=O)Nc1ccc(OC)cc1)c1ccc(C)cc1C. The van der Waals surface area contributed by atoms with Crippen LogP contribution < -0.4 is 15.4 Å². The third-order valence-electron chi connectivity index (χ3n) is 5.06. The van der Waals surface area contributed by atoms with Crippen LogP contribution in [0.15, 0.2) is 42.5 Å². The van der Waals surface area contributed by atoms with Crippen molar-refractivity contribution in [2.75, 3.05) is 12.4 Å². The van der Waals surface area contributed by atoms with Crippen molar-refractivity contribution >= 4 is 23.6 Å². The molecule has 2 unspecified atom stereocenters. The van der Waals surface area contributed by atoms with Crippen molar-refractivity contribution in [2.24, 2.45) is 0 Å². The van der Waals surface area contributed by atoms with Gasteiger partial charge in [-0.15, -0.1) is 0 Å². The molecule has 0 spiro atoms. The number of carbonyl (C=O) groups excluding carboxylic acids is 3. The Kier molecular flexibility index (Phi) is 8.90. The fraction of sp³-hybridized carbons (Fsp3) is 0.370. The van der Waals surface area contributed by atoms with Gasteiger partial charge in [-0.3, -0.25) is 14.5 Å². The molecule has 0 fully saturated rings. The van der Waals surface area contributed by atoms with Crippen molar-refractivity contribution in [3.8, 4) is 18.2 Å². The van der Waals surface area contributed by atoms with Crippen LogP contribution in [-0.4, -0.2) is 41.6 Å². The number of benzene rings is 2. The first kappa shape index (κ1) is 27.3. The smallest absolute Gasteiger partial charge is 0.408 e. The Hall–Kier alpha value is -3.99. The Morgan fingerprint density at radius 3 is 2.20 bits per heavy atom. The van der Waals surface area contributed by atoms with Crippen molar-refractivity contribution in [1.29, 1.82) is 0 Å². The van der Waals surface area contributed by atoms with Gasteiger partial charge in [0, 0.05) is 11.7 Å². The van der Waals surface area contributed by atoms with Gasteiger partial charge in [-0.1, -0.05) is 30.2 Å². The normalized spacial score (nSPS) is 12.5. The van der Waals surface area contributed by atoms with Crippen LogP contribution in [0.1, 0.15) is 50.4 Å². The minimum atomic E-state index is -1.14. The summed E-state index contributed by atoms with van der Waals surface area (Å²) in [5, 5.41) is 5.31. The fourth-order valence-electron chi connectivity index (χ4n) is 3.44. The molecule has 186 valence electrons. The van der Waals surface area contributed by atoms with Gasteiger partial charge in [-0.05, 0) is 76.9 Å². The summed E-state index contributed by atoms with van der Waals surface area (Å²) in [6, 6.07) is 12.5. The molecule has 3 amide bonds. The second kappa shape index (κ2) is 11.4. The maximum absolute atomic E-state index is 13.5. The molecular weight excluding hydrogens is 446 g/mol. The highest BCUT2D eigenvalue weighted by atomic mass is 16.6. The summed E-state index contributed by atoms with van der Waals surface area (Å²) in [6.45, 7) is 10.4. The largest absolute Gasteiger partial charge is 0.497 e. The van der Waals surface area contributed by atoms with Gasteiger partial charge < -0.3 is 20.1 Å². The lowest BCUT2D eigenvalue weighted by atomic mass is 9.97. The molecule has 0 saturated carbocycles. The summed E-state index contributed by atoms with van der Waals surface area (Å²) < 4.78 is 10.4. The van der Waals surface area contributed by atoms with E-state index in [9.17, 15) is 14.4 Å². The first-order valence-electron chi connectivity index (χ1n) is 11.2. The number of aryl methyl sites for hydroxylation is 2. The van der Waals surface area contributed by atoms with E-state index in [1.54, 1.807) is 58.2 Å². The van der Waals surface area contributed by atoms with Crippen LogP contribution in [0.5, 0.6) is 5.75 Å². The zero-order valence-electron chi connectivity index (χ0n) is 21.3. The summed E-state index contributed by atoms with van der Waals surface area (Å²) >= 11 is 0. The lowest BCUT2D eigenvalue weighted by Crippen LogP contribution is -2.49. The number of alkyl carbamates (subject to hydrolysis) is 1. The quantitative estimate of drug-likeness (QED) is 0.455. The standard InChI is InChI=1S/C27H33N3O5/c1-9-30(25(32)19(4)28-26(33)35-27(5,6)7)23(22-15-10-17(2)16-18(22)3)24(31)29-20-11-13-21(34-8)14-12-20/h1,10-16,19,23H,2-8H3,(H,28,33)(H,29,31). The third-order valence-corrected chi connectivity index (χ3v) is 5.06. The van der Waals surface area contributed by atoms with E-state index >= 15 is 0 Å². The van der Waals surface area contributed by atoms with E-state index in [0.29, 0.717) is 17.0 Å². The lowest BCUT2D eigenvalue weighted by Gasteiger charge is -2.30. The number of anilines is 1. The summed E-state index contributed by atoms with van der Waals surface area (Å²) in [5.41, 5.74) is 2.13. The van der Waals surface area contributed by atoms with Gasteiger partial charge in [0.15, 0.2) is 0 Å². The topological polar surface area (TPSA) is 97.0 Å². The number of hydrogen-bond acceptors (Lipinski definition) is 5. The predicted octanol–water partition coefficient (Wildman–Crippen LogP) is 4.32. The van der Waals surface area contributed by atoms with E-state index in [1.165, 1.54) is 6.92 Å². The number of nitrogens with zero attached hydrogens (tertiary/aromatic N) is 1. The zero-order valence-corrected chi connectivity index (χ0v) is 21.3. The Morgan fingerprint density at radius 1 is 1.06 bits per heavy atom. The summed E-state index contributed by atoms with van der Waals surface area (Å²) in [6.07, 6.45) is 4.98. The molecule has 2 N–H and O–H groups in total. The van der Waals surface area contributed by atoms with E-state index in [-0.39, 0.29) is 0 Å². The van der Waals surface area contributed by atoms with Crippen molar-refractivity contribution in [3.63, 3.8) is 0 Å². The third kappa shape index (κ3) is 7.51. The number of carbonyl (C=O) groups is 3. The molecule has 2 aromatic carbocycles. The number of hydrogen-bond donors (Lipinski definition) is 2. The van der Waals surface area contributed by atoms with Crippen LogP contribution in [0.4, 0.5) is 10.5 Å². The van der Waals surface area contributed by atoms with Crippen molar-refractivity contribution in [3.05, 3.63) is 59.2 Å². The number of rotatable bonds is 7. The van der Waals surface area contributed by atoms with E-state index in [2.05, 4.69) is 16.7 Å². The van der Waals surface area contributed by atoms with Crippen molar-refractivity contribution in [2.45, 2.75) is 59.2 Å². The molecule has 8 nitrogen and oxygen atoms in total. The van der Waals surface area contributed by atoms with E-state index < -0.39 is 35.6 Å². The second-order valence-electron chi connectivity index (χ2n) is 9.19. The second-order valence-corrected chi connectivity index (χ2v) is 9.19.